The van der Waals surface area contributed by atoms with E-state index in [9.17, 15) is 15.2 Å². The second kappa shape index (κ2) is 10.5. The fourth-order valence-corrected chi connectivity index (χ4v) is 4.12. The van der Waals surface area contributed by atoms with Crippen LogP contribution in [0.2, 0.25) is 0 Å². The molecule has 1 aromatic carbocycles. The van der Waals surface area contributed by atoms with Crippen LogP contribution in [-0.4, -0.2) is 35.9 Å². The lowest BCUT2D eigenvalue weighted by atomic mass is 10.1. The van der Waals surface area contributed by atoms with Crippen LogP contribution in [0.1, 0.15) is 22.4 Å². The second-order valence-corrected chi connectivity index (χ2v) is 7.96. The highest BCUT2D eigenvalue weighted by molar-refractivity contribution is 14.1. The van der Waals surface area contributed by atoms with E-state index in [-0.39, 0.29) is 30.4 Å². The van der Waals surface area contributed by atoms with Gasteiger partial charge in [0.05, 0.1) is 16.4 Å². The number of phenolic OH excluding ortho intramolecular Hbond substituents is 1. The van der Waals surface area contributed by atoms with Crippen molar-refractivity contribution in [2.75, 3.05) is 13.7 Å². The molecule has 0 aliphatic heterocycles. The molecule has 0 bridgehead atoms. The first-order valence-electron chi connectivity index (χ1n) is 7.88. The Bertz CT molecular complexity index is 958. The normalized spacial score (nSPS) is 10.7. The predicted molar refractivity (Wildman–Crippen MR) is 119 cm³/mol. The van der Waals surface area contributed by atoms with Crippen molar-refractivity contribution in [1.82, 2.24) is 10.4 Å². The zero-order valence-corrected chi connectivity index (χ0v) is 19.3. The third-order valence-electron chi connectivity index (χ3n) is 3.40. The minimum Gasteiger partial charge on any atom is -0.506 e. The monoisotopic (exact) mass is 606 g/mol. The number of hydrazone groups is 1. The van der Waals surface area contributed by atoms with Gasteiger partial charge in [-0.2, -0.15) is 10.4 Å². The largest absolute Gasteiger partial charge is 0.506 e. The van der Waals surface area contributed by atoms with Crippen molar-refractivity contribution in [3.63, 3.8) is 0 Å². The smallest absolute Gasteiger partial charge is 0.278 e. The molecule has 2 N–H and O–H groups in total. The van der Waals surface area contributed by atoms with Gasteiger partial charge >= 0.3 is 0 Å². The molecule has 10 heteroatoms. The van der Waals surface area contributed by atoms with E-state index in [1.807, 2.05) is 34.7 Å². The third-order valence-corrected chi connectivity index (χ3v) is 4.84. The van der Waals surface area contributed by atoms with E-state index in [4.69, 9.17) is 9.47 Å². The number of carbonyl (C=O) groups is 1. The highest BCUT2D eigenvalue weighted by Gasteiger charge is 2.14. The summed E-state index contributed by atoms with van der Waals surface area (Å²) in [6.45, 7) is 1.62. The third kappa shape index (κ3) is 6.01. The number of methoxy groups -OCH3 is 1. The average molecular weight is 606 g/mol. The zero-order valence-electron chi connectivity index (χ0n) is 15.0. The Hall–Kier alpha value is -1.98. The summed E-state index contributed by atoms with van der Waals surface area (Å²) in [5.74, 6) is -0.376. The number of aromatic nitrogens is 1. The van der Waals surface area contributed by atoms with Crippen LogP contribution in [0.3, 0.4) is 0 Å². The molecule has 0 aliphatic rings. The van der Waals surface area contributed by atoms with Gasteiger partial charge in [-0.05, 0) is 70.3 Å². The molecule has 2 rings (SSSR count). The molecule has 0 fully saturated rings. The lowest BCUT2D eigenvalue weighted by Gasteiger charge is -2.10. The van der Waals surface area contributed by atoms with Gasteiger partial charge in [0.25, 0.3) is 5.91 Å². The van der Waals surface area contributed by atoms with Gasteiger partial charge in [-0.1, -0.05) is 0 Å². The van der Waals surface area contributed by atoms with Crippen LogP contribution >= 0.6 is 45.2 Å². The Morgan fingerprint density at radius 1 is 1.43 bits per heavy atom. The molecule has 0 unspecified atom stereocenters. The fourth-order valence-electron chi connectivity index (χ4n) is 2.23. The Balaban J connectivity index is 2.03. The van der Waals surface area contributed by atoms with Crippen molar-refractivity contribution in [1.29, 1.82) is 5.26 Å². The number of aryl methyl sites for hydroxylation is 1. The first kappa shape index (κ1) is 22.3. The van der Waals surface area contributed by atoms with Gasteiger partial charge in [0.15, 0.2) is 6.61 Å². The number of nitriles is 1. The van der Waals surface area contributed by atoms with Gasteiger partial charge in [-0.3, -0.25) is 4.79 Å². The number of hydrogen-bond donors (Lipinski definition) is 2. The van der Waals surface area contributed by atoms with Crippen molar-refractivity contribution in [3.8, 4) is 17.7 Å². The molecule has 1 heterocycles. The van der Waals surface area contributed by atoms with E-state index in [0.717, 1.165) is 3.57 Å². The maximum Gasteiger partial charge on any atom is 0.278 e. The molecule has 0 saturated heterocycles. The Kier molecular flexibility index (Phi) is 8.39. The van der Waals surface area contributed by atoms with Crippen molar-refractivity contribution in [2.24, 2.45) is 5.10 Å². The fraction of sp³-hybridized carbons (Fsp3) is 0.222. The van der Waals surface area contributed by atoms with E-state index in [1.165, 1.54) is 13.3 Å². The number of aromatic hydroxyl groups is 1. The SMILES string of the molecule is COCc1cc(C)nc(OCC(=O)N/N=C\c2cc(I)cc(I)c2O)c1C#N. The summed E-state index contributed by atoms with van der Waals surface area (Å²) in [4.78, 5) is 16.1. The second-order valence-electron chi connectivity index (χ2n) is 5.56. The Morgan fingerprint density at radius 2 is 2.18 bits per heavy atom. The molecule has 0 radical (unpaired) electrons. The van der Waals surface area contributed by atoms with E-state index in [2.05, 4.69) is 38.1 Å². The van der Waals surface area contributed by atoms with Gasteiger partial charge in [-0.15, -0.1) is 0 Å². The molecule has 0 saturated carbocycles. The van der Waals surface area contributed by atoms with E-state index in [0.29, 0.717) is 20.4 Å². The van der Waals surface area contributed by atoms with Crippen LogP contribution < -0.4 is 10.2 Å². The number of halogens is 2. The summed E-state index contributed by atoms with van der Waals surface area (Å²) in [6.07, 6.45) is 1.35. The predicted octanol–water partition coefficient (Wildman–Crippen LogP) is 2.85. The van der Waals surface area contributed by atoms with Crippen LogP contribution in [0.15, 0.2) is 23.3 Å². The van der Waals surface area contributed by atoms with E-state index >= 15 is 0 Å². The number of nitrogens with one attached hydrogen (secondary N) is 1. The minimum atomic E-state index is -0.531. The number of ether oxygens (including phenoxy) is 2. The molecule has 146 valence electrons. The molecule has 8 nitrogen and oxygen atoms in total. The molecule has 2 aromatic rings. The highest BCUT2D eigenvalue weighted by atomic mass is 127. The molecule has 0 atom stereocenters. The Morgan fingerprint density at radius 3 is 2.86 bits per heavy atom. The lowest BCUT2D eigenvalue weighted by molar-refractivity contribution is -0.123. The van der Waals surface area contributed by atoms with Gasteiger partial charge in [0.2, 0.25) is 5.88 Å². The summed E-state index contributed by atoms with van der Waals surface area (Å²) < 4.78 is 12.1. The Labute approximate surface area is 189 Å². The summed E-state index contributed by atoms with van der Waals surface area (Å²) >= 11 is 4.14. The van der Waals surface area contributed by atoms with Crippen molar-refractivity contribution < 1.29 is 19.4 Å². The lowest BCUT2D eigenvalue weighted by Crippen LogP contribution is -2.25. The topological polar surface area (TPSA) is 117 Å². The van der Waals surface area contributed by atoms with Crippen LogP contribution in [0.25, 0.3) is 0 Å². The molecule has 1 aromatic heterocycles. The number of pyridine rings is 1. The summed E-state index contributed by atoms with van der Waals surface area (Å²) in [7, 11) is 1.52. The van der Waals surface area contributed by atoms with Crippen LogP contribution in [-0.2, 0) is 16.1 Å². The molecule has 1 amide bonds. The number of hydrogen-bond acceptors (Lipinski definition) is 7. The van der Waals surface area contributed by atoms with Crippen molar-refractivity contribution in [3.05, 3.63) is 47.7 Å². The zero-order chi connectivity index (χ0) is 20.7. The highest BCUT2D eigenvalue weighted by Crippen LogP contribution is 2.25. The molecular formula is C18H16I2N4O4. The van der Waals surface area contributed by atoms with Gasteiger partial charge in [0.1, 0.15) is 17.4 Å². The molecule has 0 aliphatic carbocycles. The van der Waals surface area contributed by atoms with Gasteiger partial charge in [0, 0.05) is 27.5 Å². The van der Waals surface area contributed by atoms with Crippen LogP contribution in [0, 0.1) is 25.4 Å². The number of phenols is 1. The number of benzene rings is 1. The van der Waals surface area contributed by atoms with Crippen LogP contribution in [0.5, 0.6) is 11.6 Å². The van der Waals surface area contributed by atoms with Crippen LogP contribution in [0.4, 0.5) is 0 Å². The summed E-state index contributed by atoms with van der Waals surface area (Å²) in [6, 6.07) is 7.31. The number of carbonyl (C=O) groups excluding carboxylic acids is 1. The first-order valence-corrected chi connectivity index (χ1v) is 10.0. The number of rotatable bonds is 7. The quantitative estimate of drug-likeness (QED) is 0.285. The van der Waals surface area contributed by atoms with E-state index < -0.39 is 5.91 Å². The number of nitrogens with zero attached hydrogens (tertiary/aromatic N) is 3. The van der Waals surface area contributed by atoms with E-state index in [1.54, 1.807) is 19.1 Å². The molecule has 28 heavy (non-hydrogen) atoms. The van der Waals surface area contributed by atoms with Crippen molar-refractivity contribution >= 4 is 57.3 Å². The van der Waals surface area contributed by atoms with Crippen molar-refractivity contribution in [2.45, 2.75) is 13.5 Å². The maximum atomic E-state index is 12.0. The molecular weight excluding hydrogens is 590 g/mol. The standard InChI is InChI=1S/C18H16I2N4O4/c1-10-3-12(8-27-2)14(6-21)18(23-10)28-9-16(25)24-22-7-11-4-13(19)5-15(20)17(11)26/h3-5,7,26H,8-9H2,1-2H3,(H,24,25)/b22-7-. The molecule has 0 spiro atoms. The van der Waals surface area contributed by atoms with Gasteiger partial charge < -0.3 is 14.6 Å². The maximum absolute atomic E-state index is 12.0. The van der Waals surface area contributed by atoms with Gasteiger partial charge in [-0.25, -0.2) is 10.4 Å². The minimum absolute atomic E-state index is 0.0680. The summed E-state index contributed by atoms with van der Waals surface area (Å²) in [5.41, 5.74) is 4.29. The average Bonchev–Trinajstić information content (AvgIpc) is 2.64. The number of amides is 1. The first-order chi connectivity index (χ1) is 13.3. The summed E-state index contributed by atoms with van der Waals surface area (Å²) in [5, 5.41) is 23.2.